The largest absolute Gasteiger partial charge is 0.126 e. The number of halogens is 1. The van der Waals surface area contributed by atoms with Gasteiger partial charge in [0.15, 0.2) is 0 Å². The van der Waals surface area contributed by atoms with Gasteiger partial charge < -0.3 is 0 Å². The normalized spacial score (nSPS) is 8.78. The van der Waals surface area contributed by atoms with Crippen molar-refractivity contribution in [3.05, 3.63) is 12.7 Å². The van der Waals surface area contributed by atoms with Crippen molar-refractivity contribution >= 4 is 21.1 Å². The Bertz CT molecular complexity index is 44.2. The third-order valence-corrected chi connectivity index (χ3v) is 2.03. The molecule has 0 saturated heterocycles. The smallest absolute Gasteiger partial charge is 0.0257 e. The Labute approximate surface area is 66.1 Å². The molecule has 0 fully saturated rings. The van der Waals surface area contributed by atoms with Crippen LogP contribution in [-0.2, 0) is 0 Å². The zero-order valence-electron chi connectivity index (χ0n) is 6.49. The minimum atomic E-state index is 0.424. The second kappa shape index (κ2) is 15.7. The van der Waals surface area contributed by atoms with E-state index < -0.39 is 0 Å². The molecule has 56 valence electrons. The predicted octanol–water partition coefficient (Wildman–Crippen LogP) is 2.44. The van der Waals surface area contributed by atoms with Crippen LogP contribution in [0.3, 0.4) is 0 Å². The summed E-state index contributed by atoms with van der Waals surface area (Å²) in [5.74, 6) is 0.698. The predicted molar refractivity (Wildman–Crippen MR) is 50.4 cm³/mol. The van der Waals surface area contributed by atoms with E-state index in [9.17, 15) is 0 Å². The SMILES string of the molecule is C=CCCCl.CC[SiH2]C. The maximum absolute atomic E-state index is 5.23. The van der Waals surface area contributed by atoms with Crippen LogP contribution in [0.4, 0.5) is 0 Å². The lowest BCUT2D eigenvalue weighted by Crippen LogP contribution is -1.67. The fraction of sp³-hybridized carbons (Fsp3) is 0.714. The highest BCUT2D eigenvalue weighted by Crippen LogP contribution is 1.80. The molecule has 0 spiro atoms. The average Bonchev–Trinajstić information content (AvgIpc) is 1.91. The van der Waals surface area contributed by atoms with Gasteiger partial charge in [0.2, 0.25) is 0 Å². The Morgan fingerprint density at radius 1 is 1.67 bits per heavy atom. The summed E-state index contributed by atoms with van der Waals surface area (Å²) in [6, 6.07) is 1.46. The highest BCUT2D eigenvalue weighted by Gasteiger charge is 1.64. The molecule has 0 atom stereocenters. The molecule has 0 aliphatic carbocycles. The Balaban J connectivity index is 0. The van der Waals surface area contributed by atoms with Crippen molar-refractivity contribution in [2.45, 2.75) is 25.9 Å². The number of rotatable bonds is 3. The van der Waals surface area contributed by atoms with Gasteiger partial charge in [0.1, 0.15) is 0 Å². The van der Waals surface area contributed by atoms with E-state index in [1.807, 2.05) is 0 Å². The van der Waals surface area contributed by atoms with Crippen LogP contribution >= 0.6 is 11.6 Å². The Morgan fingerprint density at radius 3 is 2.11 bits per heavy atom. The van der Waals surface area contributed by atoms with E-state index in [1.54, 1.807) is 6.08 Å². The first kappa shape index (κ1) is 12.0. The summed E-state index contributed by atoms with van der Waals surface area (Å²) >= 11 is 5.23. The first-order chi connectivity index (χ1) is 4.33. The van der Waals surface area contributed by atoms with E-state index in [4.69, 9.17) is 11.6 Å². The minimum Gasteiger partial charge on any atom is -0.126 e. The zero-order valence-corrected chi connectivity index (χ0v) is 8.66. The topological polar surface area (TPSA) is 0 Å². The van der Waals surface area contributed by atoms with E-state index in [1.165, 1.54) is 6.04 Å². The van der Waals surface area contributed by atoms with Crippen molar-refractivity contribution < 1.29 is 0 Å². The lowest BCUT2D eigenvalue weighted by atomic mass is 10.5. The summed E-state index contributed by atoms with van der Waals surface area (Å²) in [5.41, 5.74) is 0. The number of hydrogen-bond donors (Lipinski definition) is 0. The molecule has 0 aliphatic heterocycles. The standard InChI is InChI=1S/C4H7Cl.C3H10Si/c1-2-3-4-5;1-3-4-2/h2H,1,3-4H2;3-4H2,1-2H3. The summed E-state index contributed by atoms with van der Waals surface area (Å²) in [5, 5.41) is 0. The highest BCUT2D eigenvalue weighted by atomic mass is 35.5. The summed E-state index contributed by atoms with van der Waals surface area (Å²) in [6.45, 7) is 8.03. The van der Waals surface area contributed by atoms with E-state index in [0.29, 0.717) is 15.4 Å². The second-order valence-corrected chi connectivity index (χ2v) is 4.14. The van der Waals surface area contributed by atoms with Gasteiger partial charge in [-0.05, 0) is 6.42 Å². The van der Waals surface area contributed by atoms with Crippen molar-refractivity contribution in [1.29, 1.82) is 0 Å². The van der Waals surface area contributed by atoms with Crippen LogP contribution in [0.25, 0.3) is 0 Å². The quantitative estimate of drug-likeness (QED) is 0.342. The van der Waals surface area contributed by atoms with E-state index in [2.05, 4.69) is 20.0 Å². The first-order valence-electron chi connectivity index (χ1n) is 3.50. The van der Waals surface area contributed by atoms with E-state index in [0.717, 1.165) is 6.42 Å². The number of alkyl halides is 1. The zero-order chi connectivity index (χ0) is 7.54. The molecule has 0 unspecified atom stereocenters. The van der Waals surface area contributed by atoms with Crippen LogP contribution in [0.2, 0.25) is 12.6 Å². The number of hydrogen-bond acceptors (Lipinski definition) is 0. The molecule has 9 heavy (non-hydrogen) atoms. The van der Waals surface area contributed by atoms with Crippen molar-refractivity contribution in [1.82, 2.24) is 0 Å². The molecule has 0 nitrogen and oxygen atoms in total. The molecule has 0 N–H and O–H groups in total. The molecular formula is C7H17ClSi. The Kier molecular flexibility index (Phi) is 20.9. The minimum absolute atomic E-state index is 0.424. The van der Waals surface area contributed by atoms with Gasteiger partial charge in [0, 0.05) is 15.4 Å². The molecule has 0 bridgehead atoms. The second-order valence-electron chi connectivity index (χ2n) is 1.77. The van der Waals surface area contributed by atoms with Crippen LogP contribution in [0.15, 0.2) is 12.7 Å². The van der Waals surface area contributed by atoms with Crippen LogP contribution < -0.4 is 0 Å². The molecule has 0 radical (unpaired) electrons. The molecule has 0 aromatic rings. The van der Waals surface area contributed by atoms with E-state index in [-0.39, 0.29) is 0 Å². The monoisotopic (exact) mass is 164 g/mol. The van der Waals surface area contributed by atoms with Crippen molar-refractivity contribution in [3.63, 3.8) is 0 Å². The third-order valence-electron chi connectivity index (χ3n) is 0.813. The van der Waals surface area contributed by atoms with Crippen molar-refractivity contribution in [2.24, 2.45) is 0 Å². The fourth-order valence-electron chi connectivity index (χ4n) is 0.0772. The first-order valence-corrected chi connectivity index (χ1v) is 6.45. The van der Waals surface area contributed by atoms with Gasteiger partial charge in [-0.1, -0.05) is 25.6 Å². The van der Waals surface area contributed by atoms with Crippen molar-refractivity contribution in [3.8, 4) is 0 Å². The lowest BCUT2D eigenvalue weighted by Gasteiger charge is -1.70. The highest BCUT2D eigenvalue weighted by molar-refractivity contribution is 6.33. The molecule has 0 saturated carbocycles. The van der Waals surface area contributed by atoms with Gasteiger partial charge in [0.05, 0.1) is 0 Å². The number of allylic oxidation sites excluding steroid dienone is 1. The van der Waals surface area contributed by atoms with Gasteiger partial charge >= 0.3 is 0 Å². The summed E-state index contributed by atoms with van der Waals surface area (Å²) in [7, 11) is 0.424. The molecule has 0 amide bonds. The molecule has 0 aromatic carbocycles. The van der Waals surface area contributed by atoms with Crippen LogP contribution in [0, 0.1) is 0 Å². The molecular weight excluding hydrogens is 148 g/mol. The molecule has 0 aromatic heterocycles. The Hall–Kier alpha value is 0.247. The summed E-state index contributed by atoms with van der Waals surface area (Å²) in [6.07, 6.45) is 2.72. The average molecular weight is 165 g/mol. The van der Waals surface area contributed by atoms with Crippen LogP contribution in [0.5, 0.6) is 0 Å². The van der Waals surface area contributed by atoms with Crippen LogP contribution in [0.1, 0.15) is 13.3 Å². The van der Waals surface area contributed by atoms with Crippen LogP contribution in [-0.4, -0.2) is 15.4 Å². The van der Waals surface area contributed by atoms with Gasteiger partial charge in [-0.15, -0.1) is 18.2 Å². The summed E-state index contributed by atoms with van der Waals surface area (Å²) < 4.78 is 0. The fourth-order valence-corrected chi connectivity index (χ4v) is 0.231. The van der Waals surface area contributed by atoms with Gasteiger partial charge in [-0.25, -0.2) is 0 Å². The maximum Gasteiger partial charge on any atom is 0.0257 e. The van der Waals surface area contributed by atoms with Gasteiger partial charge in [-0.2, -0.15) is 0 Å². The molecule has 0 rings (SSSR count). The van der Waals surface area contributed by atoms with Crippen molar-refractivity contribution in [2.75, 3.05) is 5.88 Å². The lowest BCUT2D eigenvalue weighted by molar-refractivity contribution is 1.24. The molecule has 2 heteroatoms. The third kappa shape index (κ3) is 30.5. The maximum atomic E-state index is 5.23. The Morgan fingerprint density at radius 2 is 2.11 bits per heavy atom. The summed E-state index contributed by atoms with van der Waals surface area (Å²) in [4.78, 5) is 0. The van der Waals surface area contributed by atoms with Gasteiger partial charge in [-0.3, -0.25) is 0 Å². The van der Waals surface area contributed by atoms with E-state index >= 15 is 0 Å². The molecule has 0 heterocycles. The molecule has 0 aliphatic rings. The van der Waals surface area contributed by atoms with Gasteiger partial charge in [0.25, 0.3) is 0 Å².